The van der Waals surface area contributed by atoms with Crippen LogP contribution in [0.4, 0.5) is 5.69 Å². The number of hydrogen-bond acceptors (Lipinski definition) is 3. The quantitative estimate of drug-likeness (QED) is 0.792. The van der Waals surface area contributed by atoms with E-state index >= 15 is 0 Å². The van der Waals surface area contributed by atoms with Crippen LogP contribution in [0.3, 0.4) is 0 Å². The summed E-state index contributed by atoms with van der Waals surface area (Å²) < 4.78 is 1.04. The van der Waals surface area contributed by atoms with Crippen molar-refractivity contribution in [3.05, 3.63) is 27.7 Å². The average Bonchev–Trinajstić information content (AvgIpc) is 2.63. The van der Waals surface area contributed by atoms with Crippen molar-refractivity contribution in [2.45, 2.75) is 64.5 Å². The Hall–Kier alpha value is -0.910. The lowest BCUT2D eigenvalue weighted by Crippen LogP contribution is -2.51. The summed E-state index contributed by atoms with van der Waals surface area (Å²) in [5.74, 6) is 0.148. The second-order valence-electron chi connectivity index (χ2n) is 7.49. The maximum atomic E-state index is 12.8. The number of likely N-dealkylation sites (tertiary alicyclic amines) is 1. The van der Waals surface area contributed by atoms with Crippen LogP contribution >= 0.6 is 15.9 Å². The summed E-state index contributed by atoms with van der Waals surface area (Å²) in [7, 11) is 0. The van der Waals surface area contributed by atoms with Gasteiger partial charge in [-0.1, -0.05) is 28.4 Å². The Morgan fingerprint density at radius 3 is 2.76 bits per heavy atom. The van der Waals surface area contributed by atoms with E-state index in [9.17, 15) is 4.79 Å². The van der Waals surface area contributed by atoms with Crippen LogP contribution in [-0.2, 0) is 4.79 Å². The fraction of sp³-hybridized carbons (Fsp3) is 0.650. The number of rotatable bonds is 4. The summed E-state index contributed by atoms with van der Waals surface area (Å²) in [6.07, 6.45) is 6.69. The molecule has 138 valence electrons. The van der Waals surface area contributed by atoms with Gasteiger partial charge in [0, 0.05) is 28.7 Å². The van der Waals surface area contributed by atoms with Crippen LogP contribution in [0.1, 0.15) is 49.7 Å². The number of nitrogens with one attached hydrogen (secondary N) is 2. The zero-order valence-corrected chi connectivity index (χ0v) is 17.0. The summed E-state index contributed by atoms with van der Waals surface area (Å²) in [6.45, 7) is 7.47. The molecule has 4 nitrogen and oxygen atoms in total. The summed E-state index contributed by atoms with van der Waals surface area (Å²) >= 11 is 3.56. The van der Waals surface area contributed by atoms with Crippen molar-refractivity contribution in [3.8, 4) is 0 Å². The van der Waals surface area contributed by atoms with E-state index in [1.165, 1.54) is 25.7 Å². The van der Waals surface area contributed by atoms with Crippen molar-refractivity contribution >= 4 is 27.5 Å². The lowest BCUT2D eigenvalue weighted by molar-refractivity contribution is -0.118. The number of hydrogen-bond donors (Lipinski definition) is 2. The van der Waals surface area contributed by atoms with Crippen LogP contribution in [0.2, 0.25) is 0 Å². The second kappa shape index (κ2) is 8.65. The molecule has 1 atom stereocenters. The van der Waals surface area contributed by atoms with Gasteiger partial charge >= 0.3 is 0 Å². The highest BCUT2D eigenvalue weighted by Gasteiger charge is 2.31. The molecule has 5 heteroatoms. The van der Waals surface area contributed by atoms with E-state index < -0.39 is 0 Å². The Morgan fingerprint density at radius 2 is 2.00 bits per heavy atom. The summed E-state index contributed by atoms with van der Waals surface area (Å²) in [6, 6.07) is 5.13. The van der Waals surface area contributed by atoms with E-state index in [2.05, 4.69) is 51.4 Å². The van der Waals surface area contributed by atoms with Gasteiger partial charge < -0.3 is 10.6 Å². The molecule has 0 spiro atoms. The van der Waals surface area contributed by atoms with Gasteiger partial charge in [0.15, 0.2) is 0 Å². The van der Waals surface area contributed by atoms with Crippen molar-refractivity contribution < 1.29 is 4.79 Å². The molecule has 2 saturated heterocycles. The molecule has 2 heterocycles. The average molecular weight is 408 g/mol. The smallest absolute Gasteiger partial charge is 0.225 e. The zero-order chi connectivity index (χ0) is 17.8. The maximum absolute atomic E-state index is 12.8. The van der Waals surface area contributed by atoms with Gasteiger partial charge in [-0.15, -0.1) is 0 Å². The number of anilines is 1. The number of carbonyl (C=O) groups excluding carboxylic acids is 1. The molecule has 0 aromatic heterocycles. The minimum absolute atomic E-state index is 0.148. The molecule has 25 heavy (non-hydrogen) atoms. The first kappa shape index (κ1) is 18.9. The molecule has 2 N–H and O–H groups in total. The van der Waals surface area contributed by atoms with Gasteiger partial charge in [0.1, 0.15) is 0 Å². The molecule has 1 unspecified atom stereocenters. The first-order valence-corrected chi connectivity index (χ1v) is 10.4. The van der Waals surface area contributed by atoms with Gasteiger partial charge in [0.25, 0.3) is 0 Å². The largest absolute Gasteiger partial charge is 0.326 e. The van der Waals surface area contributed by atoms with Crippen molar-refractivity contribution in [2.24, 2.45) is 0 Å². The fourth-order valence-electron chi connectivity index (χ4n) is 4.28. The highest BCUT2D eigenvalue weighted by molar-refractivity contribution is 9.10. The van der Waals surface area contributed by atoms with Crippen LogP contribution in [0.25, 0.3) is 0 Å². The third-order valence-corrected chi connectivity index (χ3v) is 6.60. The van der Waals surface area contributed by atoms with E-state index in [0.717, 1.165) is 47.3 Å². The van der Waals surface area contributed by atoms with Gasteiger partial charge in [-0.3, -0.25) is 9.69 Å². The number of carbonyl (C=O) groups is 1. The Balaban J connectivity index is 1.65. The van der Waals surface area contributed by atoms with Crippen molar-refractivity contribution in [3.63, 3.8) is 0 Å². The Bertz CT molecular complexity index is 613. The van der Waals surface area contributed by atoms with Gasteiger partial charge in [-0.2, -0.15) is 0 Å². The molecule has 0 radical (unpaired) electrons. The number of amides is 1. The standard InChI is InChI=1S/C20H30BrN3O/c1-14-6-7-18(21)15(2)20(14)23-19(25)13-17-5-3-4-12-24(17)16-8-10-22-11-9-16/h6-7,16-17,22H,3-5,8-13H2,1-2H3,(H,23,25). The van der Waals surface area contributed by atoms with E-state index in [4.69, 9.17) is 0 Å². The molecule has 2 aliphatic heterocycles. The SMILES string of the molecule is Cc1ccc(Br)c(C)c1NC(=O)CC1CCCCN1C1CCNCC1. The minimum atomic E-state index is 0.148. The number of aryl methyl sites for hydroxylation is 1. The molecular formula is C20H30BrN3O. The van der Waals surface area contributed by atoms with E-state index in [0.29, 0.717) is 18.5 Å². The third-order valence-electron chi connectivity index (χ3n) is 5.74. The molecule has 2 aliphatic rings. The van der Waals surface area contributed by atoms with Gasteiger partial charge in [0.2, 0.25) is 5.91 Å². The summed E-state index contributed by atoms with van der Waals surface area (Å²) in [5.41, 5.74) is 3.18. The molecule has 1 amide bonds. The van der Waals surface area contributed by atoms with Gasteiger partial charge in [-0.25, -0.2) is 0 Å². The minimum Gasteiger partial charge on any atom is -0.326 e. The van der Waals surface area contributed by atoms with Gasteiger partial charge in [0.05, 0.1) is 0 Å². The highest BCUT2D eigenvalue weighted by atomic mass is 79.9. The predicted octanol–water partition coefficient (Wildman–Crippen LogP) is 4.00. The number of halogens is 1. The van der Waals surface area contributed by atoms with Crippen LogP contribution in [-0.4, -0.2) is 42.5 Å². The molecule has 1 aromatic rings. The fourth-order valence-corrected chi connectivity index (χ4v) is 4.61. The summed E-state index contributed by atoms with van der Waals surface area (Å²) in [4.78, 5) is 15.4. The van der Waals surface area contributed by atoms with E-state index in [1.807, 2.05) is 6.07 Å². The Kier molecular flexibility index (Phi) is 6.53. The van der Waals surface area contributed by atoms with Crippen molar-refractivity contribution in [1.82, 2.24) is 10.2 Å². The maximum Gasteiger partial charge on any atom is 0.225 e. The second-order valence-corrected chi connectivity index (χ2v) is 8.34. The van der Waals surface area contributed by atoms with Crippen molar-refractivity contribution in [1.29, 1.82) is 0 Å². The number of benzene rings is 1. The topological polar surface area (TPSA) is 44.4 Å². The monoisotopic (exact) mass is 407 g/mol. The molecular weight excluding hydrogens is 378 g/mol. The van der Waals surface area contributed by atoms with E-state index in [1.54, 1.807) is 0 Å². The van der Waals surface area contributed by atoms with Crippen LogP contribution in [0.15, 0.2) is 16.6 Å². The first-order chi connectivity index (χ1) is 12.1. The summed E-state index contributed by atoms with van der Waals surface area (Å²) in [5, 5.41) is 6.63. The molecule has 1 aromatic carbocycles. The van der Waals surface area contributed by atoms with Crippen LogP contribution in [0, 0.1) is 13.8 Å². The highest BCUT2D eigenvalue weighted by Crippen LogP contribution is 2.29. The van der Waals surface area contributed by atoms with Crippen LogP contribution < -0.4 is 10.6 Å². The van der Waals surface area contributed by atoms with Crippen LogP contribution in [0.5, 0.6) is 0 Å². The normalized spacial score (nSPS) is 22.8. The molecule has 0 aliphatic carbocycles. The lowest BCUT2D eigenvalue weighted by Gasteiger charge is -2.42. The molecule has 0 saturated carbocycles. The zero-order valence-electron chi connectivity index (χ0n) is 15.4. The van der Waals surface area contributed by atoms with Gasteiger partial charge in [-0.05, 0) is 76.4 Å². The Morgan fingerprint density at radius 1 is 1.24 bits per heavy atom. The number of nitrogens with zero attached hydrogens (tertiary/aromatic N) is 1. The first-order valence-electron chi connectivity index (χ1n) is 9.58. The molecule has 3 rings (SSSR count). The number of piperidine rings is 2. The van der Waals surface area contributed by atoms with Crippen molar-refractivity contribution in [2.75, 3.05) is 25.0 Å². The molecule has 0 bridgehead atoms. The predicted molar refractivity (Wildman–Crippen MR) is 107 cm³/mol. The molecule has 2 fully saturated rings. The Labute approximate surface area is 159 Å². The third kappa shape index (κ3) is 4.63. The van der Waals surface area contributed by atoms with E-state index in [-0.39, 0.29) is 5.91 Å². The lowest BCUT2D eigenvalue weighted by atomic mass is 9.93.